The standard InChI is InChI=1S/C12H12F2N2/c1-3-10-6(2)11(15)8-4-7(13)5-9(14)12(8)16-10/h4-5H,3H2,1-2H3,(H2,15,16). The van der Waals surface area contributed by atoms with Crippen LogP contribution in [0.4, 0.5) is 14.5 Å². The summed E-state index contributed by atoms with van der Waals surface area (Å²) >= 11 is 0. The molecule has 4 heteroatoms. The van der Waals surface area contributed by atoms with Gasteiger partial charge in [-0.1, -0.05) is 6.92 Å². The van der Waals surface area contributed by atoms with Crippen molar-refractivity contribution in [2.75, 3.05) is 5.73 Å². The average molecular weight is 222 g/mol. The lowest BCUT2D eigenvalue weighted by molar-refractivity contribution is 0.590. The number of rotatable bonds is 1. The SMILES string of the molecule is CCc1nc2c(F)cc(F)cc2c(N)c1C. The van der Waals surface area contributed by atoms with Gasteiger partial charge in [-0.2, -0.15) is 0 Å². The van der Waals surface area contributed by atoms with Gasteiger partial charge in [-0.15, -0.1) is 0 Å². The molecule has 0 aliphatic heterocycles. The largest absolute Gasteiger partial charge is 0.398 e. The second kappa shape index (κ2) is 3.70. The number of nitrogen functional groups attached to an aromatic ring is 1. The highest BCUT2D eigenvalue weighted by Gasteiger charge is 2.12. The Labute approximate surface area is 92.1 Å². The third kappa shape index (κ3) is 1.50. The number of halogens is 2. The fraction of sp³-hybridized carbons (Fsp3) is 0.250. The molecule has 1 aromatic carbocycles. The quantitative estimate of drug-likeness (QED) is 0.805. The van der Waals surface area contributed by atoms with E-state index in [1.54, 1.807) is 0 Å². The van der Waals surface area contributed by atoms with Gasteiger partial charge in [-0.3, -0.25) is 0 Å². The molecular weight excluding hydrogens is 210 g/mol. The average Bonchev–Trinajstić information content (AvgIpc) is 2.24. The first-order valence-electron chi connectivity index (χ1n) is 5.08. The van der Waals surface area contributed by atoms with Crippen molar-refractivity contribution in [3.63, 3.8) is 0 Å². The molecule has 16 heavy (non-hydrogen) atoms. The van der Waals surface area contributed by atoms with Gasteiger partial charge < -0.3 is 5.73 Å². The predicted molar refractivity (Wildman–Crippen MR) is 60.2 cm³/mol. The van der Waals surface area contributed by atoms with E-state index >= 15 is 0 Å². The molecule has 0 atom stereocenters. The molecule has 84 valence electrons. The van der Waals surface area contributed by atoms with Gasteiger partial charge in [0.25, 0.3) is 0 Å². The molecule has 1 heterocycles. The summed E-state index contributed by atoms with van der Waals surface area (Å²) in [5.74, 6) is -1.31. The molecule has 2 aromatic rings. The number of fused-ring (bicyclic) bond motifs is 1. The third-order valence-electron chi connectivity index (χ3n) is 2.74. The van der Waals surface area contributed by atoms with Gasteiger partial charge in [0.05, 0.1) is 0 Å². The molecule has 0 bridgehead atoms. The highest BCUT2D eigenvalue weighted by molar-refractivity contribution is 5.92. The molecule has 2 nitrogen and oxygen atoms in total. The van der Waals surface area contributed by atoms with Gasteiger partial charge >= 0.3 is 0 Å². The first-order valence-corrected chi connectivity index (χ1v) is 5.08. The van der Waals surface area contributed by atoms with Crippen LogP contribution in [0, 0.1) is 18.6 Å². The molecule has 0 amide bonds. The topological polar surface area (TPSA) is 38.9 Å². The van der Waals surface area contributed by atoms with Gasteiger partial charge in [0, 0.05) is 22.8 Å². The van der Waals surface area contributed by atoms with Crippen LogP contribution in [0.5, 0.6) is 0 Å². The summed E-state index contributed by atoms with van der Waals surface area (Å²) < 4.78 is 26.6. The minimum Gasteiger partial charge on any atom is -0.398 e. The van der Waals surface area contributed by atoms with Crippen LogP contribution in [0.25, 0.3) is 10.9 Å². The number of nitrogens with two attached hydrogens (primary N) is 1. The Morgan fingerprint density at radius 2 is 2.00 bits per heavy atom. The highest BCUT2D eigenvalue weighted by atomic mass is 19.1. The number of pyridine rings is 1. The first kappa shape index (κ1) is 10.8. The van der Waals surface area contributed by atoms with E-state index in [1.807, 2.05) is 13.8 Å². The lowest BCUT2D eigenvalue weighted by Gasteiger charge is -2.10. The zero-order valence-corrected chi connectivity index (χ0v) is 9.14. The maximum absolute atomic E-state index is 13.5. The summed E-state index contributed by atoms with van der Waals surface area (Å²) in [6, 6.07) is 2.04. The van der Waals surface area contributed by atoms with Crippen LogP contribution >= 0.6 is 0 Å². The molecule has 0 saturated carbocycles. The summed E-state index contributed by atoms with van der Waals surface area (Å²) in [6.45, 7) is 3.73. The van der Waals surface area contributed by atoms with Crippen LogP contribution in [0.3, 0.4) is 0 Å². The number of aryl methyl sites for hydroxylation is 1. The minimum atomic E-state index is -0.670. The maximum Gasteiger partial charge on any atom is 0.152 e. The van der Waals surface area contributed by atoms with Crippen LogP contribution < -0.4 is 5.73 Å². The Hall–Kier alpha value is -1.71. The molecule has 0 aliphatic rings. The summed E-state index contributed by atoms with van der Waals surface area (Å²) in [4.78, 5) is 4.17. The van der Waals surface area contributed by atoms with Crippen molar-refractivity contribution in [3.8, 4) is 0 Å². The molecule has 0 spiro atoms. The number of nitrogens with zero attached hydrogens (tertiary/aromatic N) is 1. The van der Waals surface area contributed by atoms with E-state index in [9.17, 15) is 8.78 Å². The summed E-state index contributed by atoms with van der Waals surface area (Å²) in [6.07, 6.45) is 0.669. The van der Waals surface area contributed by atoms with E-state index in [0.717, 1.165) is 17.3 Å². The fourth-order valence-corrected chi connectivity index (χ4v) is 1.81. The number of anilines is 1. The maximum atomic E-state index is 13.5. The normalized spacial score (nSPS) is 11.0. The van der Waals surface area contributed by atoms with Crippen molar-refractivity contribution in [1.82, 2.24) is 4.98 Å². The van der Waals surface area contributed by atoms with Crippen molar-refractivity contribution in [2.45, 2.75) is 20.3 Å². The summed E-state index contributed by atoms with van der Waals surface area (Å²) in [5, 5.41) is 0.340. The Morgan fingerprint density at radius 1 is 1.31 bits per heavy atom. The number of aromatic nitrogens is 1. The van der Waals surface area contributed by atoms with E-state index in [2.05, 4.69) is 4.98 Å². The Kier molecular flexibility index (Phi) is 2.50. The minimum absolute atomic E-state index is 0.140. The highest BCUT2D eigenvalue weighted by Crippen LogP contribution is 2.28. The predicted octanol–water partition coefficient (Wildman–Crippen LogP) is 2.97. The zero-order valence-electron chi connectivity index (χ0n) is 9.14. The van der Waals surface area contributed by atoms with E-state index in [0.29, 0.717) is 17.5 Å². The van der Waals surface area contributed by atoms with Crippen molar-refractivity contribution in [3.05, 3.63) is 35.0 Å². The Balaban J connectivity index is 2.92. The second-order valence-electron chi connectivity index (χ2n) is 3.73. The van der Waals surface area contributed by atoms with E-state index < -0.39 is 11.6 Å². The molecule has 0 unspecified atom stereocenters. The van der Waals surface area contributed by atoms with Gasteiger partial charge in [0.2, 0.25) is 0 Å². The van der Waals surface area contributed by atoms with Crippen LogP contribution in [0.2, 0.25) is 0 Å². The van der Waals surface area contributed by atoms with Gasteiger partial charge in [0.1, 0.15) is 11.3 Å². The van der Waals surface area contributed by atoms with Crippen LogP contribution in [0.15, 0.2) is 12.1 Å². The fourth-order valence-electron chi connectivity index (χ4n) is 1.81. The molecule has 2 rings (SSSR count). The Morgan fingerprint density at radius 3 is 2.62 bits per heavy atom. The lowest BCUT2D eigenvalue weighted by atomic mass is 10.1. The summed E-state index contributed by atoms with van der Waals surface area (Å²) in [5.41, 5.74) is 7.94. The molecular formula is C12H12F2N2. The monoisotopic (exact) mass is 222 g/mol. The molecule has 0 fully saturated rings. The van der Waals surface area contributed by atoms with Crippen molar-refractivity contribution in [2.24, 2.45) is 0 Å². The van der Waals surface area contributed by atoms with E-state index in [-0.39, 0.29) is 5.52 Å². The lowest BCUT2D eigenvalue weighted by Crippen LogP contribution is -2.02. The van der Waals surface area contributed by atoms with Crippen LogP contribution in [-0.4, -0.2) is 4.98 Å². The number of benzene rings is 1. The van der Waals surface area contributed by atoms with E-state index in [1.165, 1.54) is 6.07 Å². The van der Waals surface area contributed by atoms with Gasteiger partial charge in [0.15, 0.2) is 5.82 Å². The Bertz CT molecular complexity index is 565. The third-order valence-corrected chi connectivity index (χ3v) is 2.74. The molecule has 2 N–H and O–H groups in total. The first-order chi connectivity index (χ1) is 7.54. The molecule has 0 aliphatic carbocycles. The summed E-state index contributed by atoms with van der Waals surface area (Å²) in [7, 11) is 0. The van der Waals surface area contributed by atoms with Gasteiger partial charge in [-0.25, -0.2) is 13.8 Å². The zero-order chi connectivity index (χ0) is 11.9. The van der Waals surface area contributed by atoms with Gasteiger partial charge in [-0.05, 0) is 25.0 Å². The van der Waals surface area contributed by atoms with E-state index in [4.69, 9.17) is 5.73 Å². The van der Waals surface area contributed by atoms with Crippen molar-refractivity contribution >= 4 is 16.6 Å². The van der Waals surface area contributed by atoms with Crippen molar-refractivity contribution < 1.29 is 8.78 Å². The smallest absolute Gasteiger partial charge is 0.152 e. The number of hydrogen-bond acceptors (Lipinski definition) is 2. The molecule has 0 saturated heterocycles. The number of hydrogen-bond donors (Lipinski definition) is 1. The van der Waals surface area contributed by atoms with Crippen LogP contribution in [0.1, 0.15) is 18.2 Å². The second-order valence-corrected chi connectivity index (χ2v) is 3.73. The molecule has 0 radical (unpaired) electrons. The molecule has 1 aromatic heterocycles. The van der Waals surface area contributed by atoms with Crippen molar-refractivity contribution in [1.29, 1.82) is 0 Å². The van der Waals surface area contributed by atoms with Crippen LogP contribution in [-0.2, 0) is 6.42 Å².